The number of urea groups is 1. The molecule has 0 aliphatic heterocycles. The Morgan fingerprint density at radius 3 is 2.82 bits per heavy atom. The molecule has 0 radical (unpaired) electrons. The lowest BCUT2D eigenvalue weighted by Crippen LogP contribution is -2.19. The Bertz CT molecular complexity index is 259. The first kappa shape index (κ1) is 7.46. The van der Waals surface area contributed by atoms with Crippen molar-refractivity contribution in [3.05, 3.63) is 24.1 Å². The molecule has 1 rings (SSSR count). The van der Waals surface area contributed by atoms with Crippen LogP contribution in [0.4, 0.5) is 15.0 Å². The fourth-order valence-electron chi connectivity index (χ4n) is 0.576. The highest BCUT2D eigenvalue weighted by Crippen LogP contribution is 2.01. The van der Waals surface area contributed by atoms with E-state index in [1.165, 1.54) is 12.1 Å². The molecule has 0 unspecified atom stereocenters. The Morgan fingerprint density at radius 2 is 2.36 bits per heavy atom. The third-order valence-electron chi connectivity index (χ3n) is 0.979. The van der Waals surface area contributed by atoms with Crippen LogP contribution in [0.25, 0.3) is 0 Å². The maximum absolute atomic E-state index is 12.2. The second kappa shape index (κ2) is 2.96. The summed E-state index contributed by atoms with van der Waals surface area (Å²) in [6.45, 7) is 0. The first-order valence-corrected chi connectivity index (χ1v) is 2.86. The topological polar surface area (TPSA) is 68.0 Å². The van der Waals surface area contributed by atoms with Gasteiger partial charge in [0.25, 0.3) is 0 Å². The van der Waals surface area contributed by atoms with E-state index >= 15 is 0 Å². The second-order valence-electron chi connectivity index (χ2n) is 1.85. The molecule has 0 spiro atoms. The van der Waals surface area contributed by atoms with E-state index in [9.17, 15) is 9.18 Å². The van der Waals surface area contributed by atoms with E-state index in [-0.39, 0.29) is 5.82 Å². The predicted octanol–water partition coefficient (Wildman–Crippen LogP) is 0.711. The molecule has 0 saturated carbocycles. The first-order valence-electron chi connectivity index (χ1n) is 2.86. The average molecular weight is 155 g/mol. The maximum atomic E-state index is 12.2. The molecule has 0 aliphatic carbocycles. The number of aromatic nitrogens is 1. The zero-order chi connectivity index (χ0) is 8.27. The number of halogens is 1. The first-order chi connectivity index (χ1) is 5.18. The van der Waals surface area contributed by atoms with Crippen molar-refractivity contribution in [1.29, 1.82) is 0 Å². The van der Waals surface area contributed by atoms with Crippen molar-refractivity contribution in [1.82, 2.24) is 4.98 Å². The Kier molecular flexibility index (Phi) is 2.00. The summed E-state index contributed by atoms with van der Waals surface area (Å²) in [5.74, 6) is -0.223. The minimum absolute atomic E-state index is 0.235. The number of rotatable bonds is 1. The van der Waals surface area contributed by atoms with Crippen molar-refractivity contribution in [2.75, 3.05) is 5.32 Å². The van der Waals surface area contributed by atoms with Crippen LogP contribution in [0.5, 0.6) is 0 Å². The summed E-state index contributed by atoms with van der Waals surface area (Å²) in [4.78, 5) is 13.8. The van der Waals surface area contributed by atoms with Gasteiger partial charge in [0.2, 0.25) is 0 Å². The Hall–Kier alpha value is -1.65. The Labute approximate surface area is 62.2 Å². The second-order valence-corrected chi connectivity index (χ2v) is 1.85. The van der Waals surface area contributed by atoms with Crippen LogP contribution < -0.4 is 11.1 Å². The number of amides is 2. The number of pyridine rings is 1. The van der Waals surface area contributed by atoms with E-state index in [4.69, 9.17) is 5.73 Å². The standard InChI is InChI=1S/C6H6FN3O/c7-4-1-2-5(9-3-4)10-6(8)11/h1-3H,(H3,8,9,10,11). The van der Waals surface area contributed by atoms with Gasteiger partial charge in [0.15, 0.2) is 0 Å². The third kappa shape index (κ3) is 2.21. The number of carbonyl (C=O) groups is 1. The lowest BCUT2D eigenvalue weighted by molar-refractivity contribution is 0.259. The molecule has 0 atom stereocenters. The van der Waals surface area contributed by atoms with E-state index in [1.807, 2.05) is 0 Å². The molecule has 11 heavy (non-hydrogen) atoms. The molecule has 5 heteroatoms. The van der Waals surface area contributed by atoms with Crippen LogP contribution in [0.1, 0.15) is 0 Å². The normalized spacial score (nSPS) is 9.18. The number of hydrogen-bond acceptors (Lipinski definition) is 2. The summed E-state index contributed by atoms with van der Waals surface area (Å²) in [7, 11) is 0. The molecule has 0 aliphatic rings. The van der Waals surface area contributed by atoms with Crippen molar-refractivity contribution in [3.63, 3.8) is 0 Å². The van der Waals surface area contributed by atoms with Gasteiger partial charge in [-0.3, -0.25) is 5.32 Å². The highest BCUT2D eigenvalue weighted by Gasteiger charge is 1.95. The van der Waals surface area contributed by atoms with Crippen molar-refractivity contribution in [2.45, 2.75) is 0 Å². The van der Waals surface area contributed by atoms with Gasteiger partial charge in [-0.25, -0.2) is 14.2 Å². The largest absolute Gasteiger partial charge is 0.351 e. The molecule has 0 aromatic carbocycles. The van der Waals surface area contributed by atoms with Gasteiger partial charge in [0.05, 0.1) is 6.20 Å². The SMILES string of the molecule is NC(=O)Nc1ccc(F)cn1. The summed E-state index contributed by atoms with van der Waals surface area (Å²) in [6, 6.07) is 1.78. The molecule has 0 fully saturated rings. The van der Waals surface area contributed by atoms with Crippen molar-refractivity contribution >= 4 is 11.8 Å². The number of nitrogens with two attached hydrogens (primary N) is 1. The van der Waals surface area contributed by atoms with E-state index in [0.29, 0.717) is 0 Å². The van der Waals surface area contributed by atoms with Crippen LogP contribution in [0.3, 0.4) is 0 Å². The van der Waals surface area contributed by atoms with Crippen molar-refractivity contribution < 1.29 is 9.18 Å². The molecule has 1 aromatic heterocycles. The number of nitrogens with zero attached hydrogens (tertiary/aromatic N) is 1. The van der Waals surface area contributed by atoms with Gasteiger partial charge in [-0.1, -0.05) is 0 Å². The zero-order valence-corrected chi connectivity index (χ0v) is 5.54. The van der Waals surface area contributed by atoms with Gasteiger partial charge in [0.1, 0.15) is 11.6 Å². The smallest absolute Gasteiger partial charge is 0.317 e. The highest BCUT2D eigenvalue weighted by molar-refractivity contribution is 5.86. The van der Waals surface area contributed by atoms with E-state index in [0.717, 1.165) is 6.20 Å². The number of hydrogen-bond donors (Lipinski definition) is 2. The van der Waals surface area contributed by atoms with Gasteiger partial charge in [-0.2, -0.15) is 0 Å². The molecule has 4 nitrogen and oxygen atoms in total. The van der Waals surface area contributed by atoms with Gasteiger partial charge in [-0.15, -0.1) is 0 Å². The number of primary amides is 1. The molecule has 3 N–H and O–H groups in total. The van der Waals surface area contributed by atoms with Crippen LogP contribution in [0.2, 0.25) is 0 Å². The number of anilines is 1. The fourth-order valence-corrected chi connectivity index (χ4v) is 0.576. The lowest BCUT2D eigenvalue weighted by atomic mass is 10.4. The highest BCUT2D eigenvalue weighted by atomic mass is 19.1. The summed E-state index contributed by atoms with van der Waals surface area (Å²) in [6.07, 6.45) is 0.991. The molecule has 1 heterocycles. The summed E-state index contributed by atoms with van der Waals surface area (Å²) in [5.41, 5.74) is 4.78. The third-order valence-corrected chi connectivity index (χ3v) is 0.979. The van der Waals surface area contributed by atoms with Gasteiger partial charge in [0, 0.05) is 0 Å². The summed E-state index contributed by atoms with van der Waals surface area (Å²) < 4.78 is 12.2. The molecule has 0 saturated heterocycles. The van der Waals surface area contributed by atoms with Gasteiger partial charge >= 0.3 is 6.03 Å². The monoisotopic (exact) mass is 155 g/mol. The Morgan fingerprint density at radius 1 is 1.64 bits per heavy atom. The Balaban J connectivity index is 2.74. The zero-order valence-electron chi connectivity index (χ0n) is 5.54. The van der Waals surface area contributed by atoms with Crippen LogP contribution in [0, 0.1) is 5.82 Å². The van der Waals surface area contributed by atoms with Gasteiger partial charge < -0.3 is 5.73 Å². The quantitative estimate of drug-likeness (QED) is 0.627. The fraction of sp³-hybridized carbons (Fsp3) is 0. The minimum Gasteiger partial charge on any atom is -0.351 e. The van der Waals surface area contributed by atoms with E-state index < -0.39 is 11.8 Å². The van der Waals surface area contributed by atoms with Crippen LogP contribution >= 0.6 is 0 Å². The molecule has 1 aromatic rings. The maximum Gasteiger partial charge on any atom is 0.317 e. The molecule has 0 bridgehead atoms. The number of carbonyl (C=O) groups excluding carboxylic acids is 1. The average Bonchev–Trinajstić information content (AvgIpc) is 1.93. The van der Waals surface area contributed by atoms with Crippen LogP contribution in [-0.2, 0) is 0 Å². The lowest BCUT2D eigenvalue weighted by Gasteiger charge is -1.97. The van der Waals surface area contributed by atoms with Crippen molar-refractivity contribution in [3.8, 4) is 0 Å². The number of nitrogens with one attached hydrogen (secondary N) is 1. The van der Waals surface area contributed by atoms with Gasteiger partial charge in [-0.05, 0) is 12.1 Å². The molecule has 2 amide bonds. The molecule has 58 valence electrons. The van der Waals surface area contributed by atoms with Crippen molar-refractivity contribution in [2.24, 2.45) is 5.73 Å². The van der Waals surface area contributed by atoms with Crippen LogP contribution in [0.15, 0.2) is 18.3 Å². The molecular weight excluding hydrogens is 149 g/mol. The summed E-state index contributed by atoms with van der Waals surface area (Å²) in [5, 5.41) is 2.19. The summed E-state index contributed by atoms with van der Waals surface area (Å²) >= 11 is 0. The van der Waals surface area contributed by atoms with E-state index in [1.54, 1.807) is 0 Å². The predicted molar refractivity (Wildman–Crippen MR) is 37.4 cm³/mol. The van der Waals surface area contributed by atoms with E-state index in [2.05, 4.69) is 10.3 Å². The van der Waals surface area contributed by atoms with Crippen LogP contribution in [-0.4, -0.2) is 11.0 Å². The molecular formula is C6H6FN3O. The minimum atomic E-state index is -0.718.